The molecule has 20 heavy (non-hydrogen) atoms. The third-order valence-corrected chi connectivity index (χ3v) is 3.61. The molecule has 0 heterocycles. The van der Waals surface area contributed by atoms with Gasteiger partial charge >= 0.3 is 0 Å². The molecule has 0 bridgehead atoms. The number of carbonyl (C=O) groups is 1. The summed E-state index contributed by atoms with van der Waals surface area (Å²) in [5.41, 5.74) is 4.76. The molecule has 0 atom stereocenters. The lowest BCUT2D eigenvalue weighted by Gasteiger charge is -2.11. The van der Waals surface area contributed by atoms with Crippen molar-refractivity contribution in [2.45, 2.75) is 26.7 Å². The summed E-state index contributed by atoms with van der Waals surface area (Å²) in [5.74, 6) is 0.515. The summed E-state index contributed by atoms with van der Waals surface area (Å²) in [5, 5.41) is 3.06. The number of aryl methyl sites for hydroxylation is 1. The van der Waals surface area contributed by atoms with Gasteiger partial charge in [0.15, 0.2) is 5.78 Å². The average molecular weight is 267 g/mol. The lowest BCUT2D eigenvalue weighted by molar-refractivity contribution is 0.103. The molecule has 104 valence electrons. The number of carbonyl (C=O) groups excluding carboxylic acids is 1. The van der Waals surface area contributed by atoms with Gasteiger partial charge in [0.2, 0.25) is 0 Å². The molecule has 0 fully saturated rings. The topological polar surface area (TPSA) is 29.1 Å². The number of hydrogen-bond acceptors (Lipinski definition) is 2. The second kappa shape index (κ2) is 5.91. The summed E-state index contributed by atoms with van der Waals surface area (Å²) < 4.78 is 0. The van der Waals surface area contributed by atoms with Crippen molar-refractivity contribution in [1.82, 2.24) is 0 Å². The van der Waals surface area contributed by atoms with E-state index in [-0.39, 0.29) is 5.78 Å². The van der Waals surface area contributed by atoms with Crippen LogP contribution in [0.4, 0.5) is 5.69 Å². The van der Waals surface area contributed by atoms with Gasteiger partial charge in [0.1, 0.15) is 0 Å². The van der Waals surface area contributed by atoms with E-state index in [1.807, 2.05) is 50.4 Å². The third-order valence-electron chi connectivity index (χ3n) is 3.61. The molecule has 0 aliphatic heterocycles. The Morgan fingerprint density at radius 2 is 1.70 bits per heavy atom. The van der Waals surface area contributed by atoms with Crippen LogP contribution < -0.4 is 5.32 Å². The van der Waals surface area contributed by atoms with Crippen molar-refractivity contribution in [2.75, 3.05) is 12.4 Å². The fourth-order valence-electron chi connectivity index (χ4n) is 2.19. The molecule has 2 aromatic carbocycles. The summed E-state index contributed by atoms with van der Waals surface area (Å²) in [6.07, 6.45) is 0. The largest absolute Gasteiger partial charge is 0.388 e. The SMILES string of the molecule is CNc1ccc(C(=O)c2cc(C(C)C)ccc2C)cc1. The van der Waals surface area contributed by atoms with Crippen LogP contribution in [0.2, 0.25) is 0 Å². The highest BCUT2D eigenvalue weighted by Gasteiger charge is 2.13. The lowest BCUT2D eigenvalue weighted by Crippen LogP contribution is -2.05. The maximum atomic E-state index is 12.6. The molecule has 0 unspecified atom stereocenters. The molecule has 0 aliphatic carbocycles. The Morgan fingerprint density at radius 3 is 2.25 bits per heavy atom. The van der Waals surface area contributed by atoms with Crippen molar-refractivity contribution in [3.8, 4) is 0 Å². The van der Waals surface area contributed by atoms with Gasteiger partial charge in [-0.1, -0.05) is 26.0 Å². The van der Waals surface area contributed by atoms with Crippen LogP contribution in [0, 0.1) is 6.92 Å². The number of nitrogens with one attached hydrogen (secondary N) is 1. The molecule has 1 N–H and O–H groups in total. The number of hydrogen-bond donors (Lipinski definition) is 1. The van der Waals surface area contributed by atoms with Gasteiger partial charge in [0.05, 0.1) is 0 Å². The lowest BCUT2D eigenvalue weighted by atomic mass is 9.93. The highest BCUT2D eigenvalue weighted by atomic mass is 16.1. The van der Waals surface area contributed by atoms with E-state index in [1.165, 1.54) is 5.56 Å². The van der Waals surface area contributed by atoms with Crippen molar-refractivity contribution < 1.29 is 4.79 Å². The first kappa shape index (κ1) is 14.3. The first-order valence-electron chi connectivity index (χ1n) is 6.96. The Morgan fingerprint density at radius 1 is 1.05 bits per heavy atom. The Balaban J connectivity index is 2.39. The summed E-state index contributed by atoms with van der Waals surface area (Å²) >= 11 is 0. The molecule has 0 radical (unpaired) electrons. The van der Waals surface area contributed by atoms with E-state index in [1.54, 1.807) is 0 Å². The van der Waals surface area contributed by atoms with E-state index >= 15 is 0 Å². The first-order chi connectivity index (χ1) is 9.52. The van der Waals surface area contributed by atoms with Crippen molar-refractivity contribution in [1.29, 1.82) is 0 Å². The summed E-state index contributed by atoms with van der Waals surface area (Å²) in [6.45, 7) is 6.26. The molecule has 2 aromatic rings. The molecule has 0 spiro atoms. The fourth-order valence-corrected chi connectivity index (χ4v) is 2.19. The van der Waals surface area contributed by atoms with E-state index in [4.69, 9.17) is 0 Å². The second-order valence-corrected chi connectivity index (χ2v) is 5.39. The van der Waals surface area contributed by atoms with Crippen LogP contribution in [0.15, 0.2) is 42.5 Å². The minimum Gasteiger partial charge on any atom is -0.388 e. The van der Waals surface area contributed by atoms with Crippen LogP contribution in [0.3, 0.4) is 0 Å². The molecule has 0 aromatic heterocycles. The Labute approximate surface area is 120 Å². The monoisotopic (exact) mass is 267 g/mol. The van der Waals surface area contributed by atoms with Gasteiger partial charge < -0.3 is 5.32 Å². The van der Waals surface area contributed by atoms with E-state index in [2.05, 4.69) is 25.2 Å². The molecule has 0 saturated carbocycles. The van der Waals surface area contributed by atoms with Gasteiger partial charge in [-0.15, -0.1) is 0 Å². The number of anilines is 1. The zero-order valence-electron chi connectivity index (χ0n) is 12.5. The number of benzene rings is 2. The molecule has 0 saturated heterocycles. The van der Waals surface area contributed by atoms with E-state index in [0.717, 1.165) is 22.4 Å². The molecule has 2 heteroatoms. The zero-order valence-corrected chi connectivity index (χ0v) is 12.5. The number of rotatable bonds is 4. The smallest absolute Gasteiger partial charge is 0.193 e. The predicted molar refractivity (Wildman–Crippen MR) is 84.7 cm³/mol. The Hall–Kier alpha value is -2.09. The molecule has 2 nitrogen and oxygen atoms in total. The van der Waals surface area contributed by atoms with Crippen molar-refractivity contribution in [3.05, 3.63) is 64.7 Å². The zero-order chi connectivity index (χ0) is 14.7. The summed E-state index contributed by atoms with van der Waals surface area (Å²) in [6, 6.07) is 13.7. The normalized spacial score (nSPS) is 10.7. The van der Waals surface area contributed by atoms with Crippen LogP contribution in [0.1, 0.15) is 46.8 Å². The Kier molecular flexibility index (Phi) is 4.23. The third kappa shape index (κ3) is 2.90. The van der Waals surface area contributed by atoms with Crippen molar-refractivity contribution >= 4 is 11.5 Å². The number of ketones is 1. The van der Waals surface area contributed by atoms with E-state index in [0.29, 0.717) is 5.92 Å². The predicted octanol–water partition coefficient (Wildman–Crippen LogP) is 4.39. The van der Waals surface area contributed by atoms with Crippen LogP contribution >= 0.6 is 0 Å². The highest BCUT2D eigenvalue weighted by Crippen LogP contribution is 2.21. The van der Waals surface area contributed by atoms with Crippen molar-refractivity contribution in [2.24, 2.45) is 0 Å². The van der Waals surface area contributed by atoms with Gasteiger partial charge in [-0.25, -0.2) is 0 Å². The Bertz CT molecular complexity index is 612. The standard InChI is InChI=1S/C18H21NO/c1-12(2)15-6-5-13(3)17(11-15)18(20)14-7-9-16(19-4)10-8-14/h5-12,19H,1-4H3. The van der Waals surface area contributed by atoms with E-state index in [9.17, 15) is 4.79 Å². The van der Waals surface area contributed by atoms with Crippen LogP contribution in [0.5, 0.6) is 0 Å². The van der Waals surface area contributed by atoms with Gasteiger partial charge in [-0.3, -0.25) is 4.79 Å². The maximum Gasteiger partial charge on any atom is 0.193 e. The van der Waals surface area contributed by atoms with Crippen molar-refractivity contribution in [3.63, 3.8) is 0 Å². The van der Waals surface area contributed by atoms with Crippen LogP contribution in [0.25, 0.3) is 0 Å². The van der Waals surface area contributed by atoms with Crippen LogP contribution in [-0.4, -0.2) is 12.8 Å². The van der Waals surface area contributed by atoms with Crippen LogP contribution in [-0.2, 0) is 0 Å². The first-order valence-corrected chi connectivity index (χ1v) is 6.96. The summed E-state index contributed by atoms with van der Waals surface area (Å²) in [4.78, 5) is 12.6. The second-order valence-electron chi connectivity index (χ2n) is 5.39. The minimum atomic E-state index is 0.0904. The summed E-state index contributed by atoms with van der Waals surface area (Å²) in [7, 11) is 1.87. The van der Waals surface area contributed by atoms with Gasteiger partial charge in [-0.05, 0) is 54.3 Å². The maximum absolute atomic E-state index is 12.6. The van der Waals surface area contributed by atoms with Gasteiger partial charge in [0.25, 0.3) is 0 Å². The minimum absolute atomic E-state index is 0.0904. The molecular formula is C18H21NO. The molecular weight excluding hydrogens is 246 g/mol. The molecule has 2 rings (SSSR count). The molecule has 0 amide bonds. The van der Waals surface area contributed by atoms with Gasteiger partial charge in [-0.2, -0.15) is 0 Å². The average Bonchev–Trinajstić information content (AvgIpc) is 2.47. The van der Waals surface area contributed by atoms with Gasteiger partial charge in [0, 0.05) is 23.9 Å². The fraction of sp³-hybridized carbons (Fsp3) is 0.278. The molecule has 0 aliphatic rings. The quantitative estimate of drug-likeness (QED) is 0.832. The van der Waals surface area contributed by atoms with E-state index < -0.39 is 0 Å². The highest BCUT2D eigenvalue weighted by molar-refractivity contribution is 6.10.